The van der Waals surface area contributed by atoms with Gasteiger partial charge in [-0.3, -0.25) is 0 Å². The average molecular weight is 192 g/mol. The molecule has 0 aromatic carbocycles. The Kier molecular flexibility index (Phi) is 6.20. The Morgan fingerprint density at radius 2 is 1.92 bits per heavy atom. The van der Waals surface area contributed by atoms with E-state index in [4.69, 9.17) is 10.2 Å². The molecule has 72 valence electrons. The van der Waals surface area contributed by atoms with E-state index in [1.54, 1.807) is 0 Å². The number of thioether (sulfide) groups is 1. The number of aliphatic hydroxyl groups excluding tert-OH is 1. The van der Waals surface area contributed by atoms with Gasteiger partial charge in [-0.05, 0) is 12.8 Å². The summed E-state index contributed by atoms with van der Waals surface area (Å²) in [5.74, 6) is -0.838. The molecule has 1 atom stereocenters. The molecule has 3 nitrogen and oxygen atoms in total. The highest BCUT2D eigenvalue weighted by Crippen LogP contribution is 2.18. The molecule has 0 heterocycles. The molecule has 0 radical (unpaired) electrons. The molecule has 0 rings (SSSR count). The van der Waals surface area contributed by atoms with Gasteiger partial charge in [-0.1, -0.05) is 13.8 Å². The van der Waals surface area contributed by atoms with Gasteiger partial charge in [-0.25, -0.2) is 4.79 Å². The Bertz CT molecular complexity index is 134. The van der Waals surface area contributed by atoms with E-state index in [2.05, 4.69) is 13.8 Å². The lowest BCUT2D eigenvalue weighted by Crippen LogP contribution is -2.23. The van der Waals surface area contributed by atoms with Crippen LogP contribution in [0.4, 0.5) is 0 Å². The van der Waals surface area contributed by atoms with Crippen LogP contribution in [-0.4, -0.2) is 33.3 Å². The van der Waals surface area contributed by atoms with Gasteiger partial charge in [0.1, 0.15) is 0 Å². The molecular formula is C8H16O3S. The third-order valence-electron chi connectivity index (χ3n) is 1.69. The predicted molar refractivity (Wildman–Crippen MR) is 50.5 cm³/mol. The van der Waals surface area contributed by atoms with E-state index in [0.29, 0.717) is 11.0 Å². The zero-order valence-electron chi connectivity index (χ0n) is 7.49. The molecule has 0 saturated heterocycles. The summed E-state index contributed by atoms with van der Waals surface area (Å²) in [5, 5.41) is 17.8. The molecular weight excluding hydrogens is 176 g/mol. The molecule has 0 amide bonds. The lowest BCUT2D eigenvalue weighted by Gasteiger charge is -2.12. The molecule has 4 heteroatoms. The minimum Gasteiger partial charge on any atom is -0.479 e. The summed E-state index contributed by atoms with van der Waals surface area (Å²) in [6, 6.07) is 0. The maximum absolute atomic E-state index is 10.2. The molecule has 0 saturated carbocycles. The van der Waals surface area contributed by atoms with E-state index < -0.39 is 12.1 Å². The van der Waals surface area contributed by atoms with E-state index >= 15 is 0 Å². The number of carboxylic acids is 1. The molecule has 0 aromatic rings. The van der Waals surface area contributed by atoms with E-state index in [-0.39, 0.29) is 0 Å². The highest BCUT2D eigenvalue weighted by atomic mass is 32.2. The molecule has 1 unspecified atom stereocenters. The molecule has 0 bridgehead atoms. The van der Waals surface area contributed by atoms with Crippen molar-refractivity contribution in [1.82, 2.24) is 0 Å². The standard InChI is InChI=1S/C8H16O3S/c1-3-6(4-2)12-5-7(9)8(10)11/h6-7,9H,3-5H2,1-2H3,(H,10,11). The molecule has 12 heavy (non-hydrogen) atoms. The maximum atomic E-state index is 10.2. The van der Waals surface area contributed by atoms with Crippen molar-refractivity contribution >= 4 is 17.7 Å². The maximum Gasteiger partial charge on any atom is 0.333 e. The number of carboxylic acid groups (broad SMARTS) is 1. The minimum atomic E-state index is -1.21. The van der Waals surface area contributed by atoms with Crippen molar-refractivity contribution in [1.29, 1.82) is 0 Å². The topological polar surface area (TPSA) is 57.5 Å². The summed E-state index contributed by atoms with van der Waals surface area (Å²) >= 11 is 1.53. The second kappa shape index (κ2) is 6.31. The first-order chi connectivity index (χ1) is 5.61. The van der Waals surface area contributed by atoms with Crippen LogP contribution in [0.1, 0.15) is 26.7 Å². The van der Waals surface area contributed by atoms with Crippen LogP contribution in [0.5, 0.6) is 0 Å². The van der Waals surface area contributed by atoms with E-state index in [1.807, 2.05) is 0 Å². The van der Waals surface area contributed by atoms with Crippen molar-refractivity contribution in [3.8, 4) is 0 Å². The summed E-state index contributed by atoms with van der Waals surface area (Å²) in [7, 11) is 0. The van der Waals surface area contributed by atoms with E-state index in [9.17, 15) is 4.79 Å². The van der Waals surface area contributed by atoms with Crippen molar-refractivity contribution in [2.45, 2.75) is 38.0 Å². The molecule has 2 N–H and O–H groups in total. The molecule has 0 spiro atoms. The normalized spacial score (nSPS) is 13.3. The van der Waals surface area contributed by atoms with Crippen molar-refractivity contribution in [3.05, 3.63) is 0 Å². The molecule has 0 aliphatic heterocycles. The number of hydrogen-bond donors (Lipinski definition) is 2. The third kappa shape index (κ3) is 4.62. The van der Waals surface area contributed by atoms with Gasteiger partial charge >= 0.3 is 5.97 Å². The van der Waals surface area contributed by atoms with Gasteiger partial charge in [0.15, 0.2) is 6.10 Å². The second-order valence-corrected chi connectivity index (χ2v) is 3.96. The van der Waals surface area contributed by atoms with Crippen LogP contribution >= 0.6 is 11.8 Å². The van der Waals surface area contributed by atoms with Gasteiger partial charge in [0.2, 0.25) is 0 Å². The summed E-state index contributed by atoms with van der Waals surface area (Å²) in [4.78, 5) is 10.2. The summed E-state index contributed by atoms with van der Waals surface area (Å²) in [6.07, 6.45) is 0.830. The highest BCUT2D eigenvalue weighted by molar-refractivity contribution is 7.99. The van der Waals surface area contributed by atoms with Gasteiger partial charge in [-0.2, -0.15) is 11.8 Å². The third-order valence-corrected chi connectivity index (χ3v) is 3.33. The largest absolute Gasteiger partial charge is 0.479 e. The number of carbonyl (C=O) groups is 1. The van der Waals surface area contributed by atoms with Crippen LogP contribution in [0.15, 0.2) is 0 Å². The molecule has 0 aromatic heterocycles. The molecule has 0 aliphatic carbocycles. The van der Waals surface area contributed by atoms with Crippen molar-refractivity contribution < 1.29 is 15.0 Å². The van der Waals surface area contributed by atoms with Gasteiger partial charge in [0.05, 0.1) is 0 Å². The number of hydrogen-bond acceptors (Lipinski definition) is 3. The summed E-state index contributed by atoms with van der Waals surface area (Å²) in [5.41, 5.74) is 0. The molecule has 0 fully saturated rings. The van der Waals surface area contributed by atoms with E-state index in [1.165, 1.54) is 11.8 Å². The first-order valence-electron chi connectivity index (χ1n) is 4.14. The highest BCUT2D eigenvalue weighted by Gasteiger charge is 2.14. The van der Waals surface area contributed by atoms with Crippen molar-refractivity contribution in [2.75, 3.05) is 5.75 Å². The first kappa shape index (κ1) is 11.8. The lowest BCUT2D eigenvalue weighted by molar-refractivity contribution is -0.145. The van der Waals surface area contributed by atoms with Crippen LogP contribution in [0, 0.1) is 0 Å². The monoisotopic (exact) mass is 192 g/mol. The Hall–Kier alpha value is -0.220. The van der Waals surface area contributed by atoms with Crippen molar-refractivity contribution in [2.24, 2.45) is 0 Å². The fourth-order valence-electron chi connectivity index (χ4n) is 0.823. The number of aliphatic carboxylic acids is 1. The van der Waals surface area contributed by atoms with Gasteiger partial charge in [0, 0.05) is 11.0 Å². The van der Waals surface area contributed by atoms with Gasteiger partial charge < -0.3 is 10.2 Å². The minimum absolute atomic E-state index is 0.293. The lowest BCUT2D eigenvalue weighted by atomic mass is 10.3. The van der Waals surface area contributed by atoms with E-state index in [0.717, 1.165) is 12.8 Å². The van der Waals surface area contributed by atoms with Crippen LogP contribution in [-0.2, 0) is 4.79 Å². The first-order valence-corrected chi connectivity index (χ1v) is 5.19. The predicted octanol–water partition coefficient (Wildman–Crippen LogP) is 1.35. The summed E-state index contributed by atoms with van der Waals surface area (Å²) < 4.78 is 0. The zero-order chi connectivity index (χ0) is 9.56. The fourth-order valence-corrected chi connectivity index (χ4v) is 1.89. The van der Waals surface area contributed by atoms with Crippen LogP contribution in [0.3, 0.4) is 0 Å². The Morgan fingerprint density at radius 1 is 1.42 bits per heavy atom. The van der Waals surface area contributed by atoms with Crippen LogP contribution < -0.4 is 0 Å². The molecule has 0 aliphatic rings. The Labute approximate surface area is 77.2 Å². The SMILES string of the molecule is CCC(CC)SCC(O)C(=O)O. The Balaban J connectivity index is 3.58. The van der Waals surface area contributed by atoms with Crippen molar-refractivity contribution in [3.63, 3.8) is 0 Å². The van der Waals surface area contributed by atoms with Crippen LogP contribution in [0.25, 0.3) is 0 Å². The van der Waals surface area contributed by atoms with Gasteiger partial charge in [0.25, 0.3) is 0 Å². The number of aliphatic hydroxyl groups is 1. The quantitative estimate of drug-likeness (QED) is 0.667. The summed E-state index contributed by atoms with van der Waals surface area (Å²) in [6.45, 7) is 4.13. The van der Waals surface area contributed by atoms with Gasteiger partial charge in [-0.15, -0.1) is 0 Å². The average Bonchev–Trinajstić information content (AvgIpc) is 2.05. The number of rotatable bonds is 6. The fraction of sp³-hybridized carbons (Fsp3) is 0.875. The zero-order valence-corrected chi connectivity index (χ0v) is 8.30. The smallest absolute Gasteiger partial charge is 0.333 e. The second-order valence-electron chi connectivity index (χ2n) is 2.63. The van der Waals surface area contributed by atoms with Crippen LogP contribution in [0.2, 0.25) is 0 Å². The Morgan fingerprint density at radius 3 is 2.25 bits per heavy atom.